The van der Waals surface area contributed by atoms with E-state index in [-0.39, 0.29) is 24.9 Å². The van der Waals surface area contributed by atoms with Crippen LogP contribution in [0.1, 0.15) is 37.0 Å². The van der Waals surface area contributed by atoms with Gasteiger partial charge >= 0.3 is 0 Å². The predicted octanol–water partition coefficient (Wildman–Crippen LogP) is 4.97. The molecule has 3 aromatic rings. The molecule has 2 amide bonds. The Balaban J connectivity index is 2.06. The molecule has 208 valence electrons. The van der Waals surface area contributed by atoms with Crippen LogP contribution in [-0.4, -0.2) is 50.0 Å². The molecule has 1 N–H and O–H groups in total. The second-order valence-electron chi connectivity index (χ2n) is 9.73. The molecule has 0 radical (unpaired) electrons. The molecule has 9 heteroatoms. The van der Waals surface area contributed by atoms with Gasteiger partial charge in [0.2, 0.25) is 21.8 Å². The van der Waals surface area contributed by atoms with Crippen molar-refractivity contribution >= 4 is 39.1 Å². The summed E-state index contributed by atoms with van der Waals surface area (Å²) in [6.45, 7) is 5.33. The van der Waals surface area contributed by atoms with Gasteiger partial charge in [0, 0.05) is 24.0 Å². The molecule has 0 unspecified atom stereocenters. The molecule has 0 saturated carbocycles. The fourth-order valence-electron chi connectivity index (χ4n) is 4.22. The van der Waals surface area contributed by atoms with Gasteiger partial charge in [-0.2, -0.15) is 0 Å². The lowest BCUT2D eigenvalue weighted by Gasteiger charge is -2.34. The number of carbonyl (C=O) groups is 2. The Morgan fingerprint density at radius 2 is 1.54 bits per heavy atom. The molecule has 0 saturated heterocycles. The Labute approximate surface area is 236 Å². The van der Waals surface area contributed by atoms with Gasteiger partial charge in [-0.25, -0.2) is 8.42 Å². The number of nitrogens with one attached hydrogen (secondary N) is 1. The maximum absolute atomic E-state index is 14.1. The monoisotopic (exact) mass is 569 g/mol. The molecular formula is C30H36ClN3O4S. The fraction of sp³-hybridized carbons (Fsp3) is 0.333. The van der Waals surface area contributed by atoms with Crippen LogP contribution >= 0.6 is 11.6 Å². The summed E-state index contributed by atoms with van der Waals surface area (Å²) in [7, 11) is -3.81. The minimum absolute atomic E-state index is 0.0947. The average Bonchev–Trinajstić information content (AvgIpc) is 2.90. The average molecular weight is 570 g/mol. The molecule has 0 spiro atoms. The summed E-state index contributed by atoms with van der Waals surface area (Å²) in [5.41, 5.74) is 2.79. The van der Waals surface area contributed by atoms with Crippen molar-refractivity contribution in [1.29, 1.82) is 0 Å². The van der Waals surface area contributed by atoms with E-state index >= 15 is 0 Å². The number of aryl methyl sites for hydroxylation is 1. The van der Waals surface area contributed by atoms with Crippen LogP contribution in [0.25, 0.3) is 0 Å². The highest BCUT2D eigenvalue weighted by atomic mass is 35.5. The lowest BCUT2D eigenvalue weighted by atomic mass is 10.0. The summed E-state index contributed by atoms with van der Waals surface area (Å²) in [6, 6.07) is 22.5. The van der Waals surface area contributed by atoms with Crippen molar-refractivity contribution < 1.29 is 18.0 Å². The minimum atomic E-state index is -3.81. The predicted molar refractivity (Wildman–Crippen MR) is 157 cm³/mol. The Morgan fingerprint density at radius 1 is 0.923 bits per heavy atom. The highest BCUT2D eigenvalue weighted by Crippen LogP contribution is 2.24. The van der Waals surface area contributed by atoms with E-state index in [0.717, 1.165) is 33.7 Å². The molecule has 0 fully saturated rings. The van der Waals surface area contributed by atoms with E-state index in [0.29, 0.717) is 10.7 Å². The Kier molecular flexibility index (Phi) is 10.5. The summed E-state index contributed by atoms with van der Waals surface area (Å²) in [5.74, 6) is -0.781. The van der Waals surface area contributed by atoms with E-state index < -0.39 is 28.5 Å². The first kappa shape index (κ1) is 30.2. The van der Waals surface area contributed by atoms with Crippen LogP contribution < -0.4 is 9.62 Å². The number of anilines is 1. The first-order valence-electron chi connectivity index (χ1n) is 12.9. The SMILES string of the molecule is CC[C@H](C)NC(=O)[C@H](Cc1ccccc1)N(Cc1ccc(Cl)cc1)C(=O)CN(c1ccccc1C)S(C)(=O)=O. The molecule has 0 aromatic heterocycles. The van der Waals surface area contributed by atoms with E-state index in [1.54, 1.807) is 49.4 Å². The van der Waals surface area contributed by atoms with Gasteiger partial charge in [-0.15, -0.1) is 0 Å². The van der Waals surface area contributed by atoms with Gasteiger partial charge in [0.25, 0.3) is 0 Å². The molecule has 0 aliphatic heterocycles. The number of halogens is 1. The number of amides is 2. The van der Waals surface area contributed by atoms with Crippen molar-refractivity contribution in [2.75, 3.05) is 17.1 Å². The smallest absolute Gasteiger partial charge is 0.244 e. The summed E-state index contributed by atoms with van der Waals surface area (Å²) >= 11 is 6.09. The zero-order valence-corrected chi connectivity index (χ0v) is 24.4. The van der Waals surface area contributed by atoms with Crippen LogP contribution in [0.3, 0.4) is 0 Å². The Morgan fingerprint density at radius 3 is 2.13 bits per heavy atom. The molecular weight excluding hydrogens is 534 g/mol. The van der Waals surface area contributed by atoms with Gasteiger partial charge in [-0.05, 0) is 55.2 Å². The minimum Gasteiger partial charge on any atom is -0.352 e. The third kappa shape index (κ3) is 8.57. The van der Waals surface area contributed by atoms with Gasteiger partial charge in [-0.3, -0.25) is 13.9 Å². The van der Waals surface area contributed by atoms with Crippen molar-refractivity contribution in [2.45, 2.75) is 52.2 Å². The maximum atomic E-state index is 14.1. The number of hydrogen-bond acceptors (Lipinski definition) is 4. The number of carbonyl (C=O) groups excluding carboxylic acids is 2. The normalized spacial score (nSPS) is 12.8. The van der Waals surface area contributed by atoms with Crippen molar-refractivity contribution in [2.24, 2.45) is 0 Å². The van der Waals surface area contributed by atoms with Crippen LogP contribution in [0, 0.1) is 6.92 Å². The van der Waals surface area contributed by atoms with Crippen LogP contribution in [0.5, 0.6) is 0 Å². The molecule has 0 aliphatic carbocycles. The Hall–Kier alpha value is -3.36. The molecule has 0 bridgehead atoms. The zero-order valence-electron chi connectivity index (χ0n) is 22.8. The van der Waals surface area contributed by atoms with E-state index in [4.69, 9.17) is 11.6 Å². The van der Waals surface area contributed by atoms with Crippen molar-refractivity contribution in [3.63, 3.8) is 0 Å². The van der Waals surface area contributed by atoms with Gasteiger partial charge in [-0.1, -0.05) is 79.2 Å². The van der Waals surface area contributed by atoms with Crippen molar-refractivity contribution in [1.82, 2.24) is 10.2 Å². The van der Waals surface area contributed by atoms with E-state index in [1.165, 1.54) is 4.90 Å². The molecule has 3 rings (SSSR count). The van der Waals surface area contributed by atoms with Crippen molar-refractivity contribution in [3.05, 3.63) is 101 Å². The molecule has 3 aromatic carbocycles. The number of benzene rings is 3. The highest BCUT2D eigenvalue weighted by molar-refractivity contribution is 7.92. The molecule has 7 nitrogen and oxygen atoms in total. The standard InChI is InChI=1S/C30H36ClN3O4S/c1-5-23(3)32-30(36)28(19-24-12-7-6-8-13-24)33(20-25-15-17-26(31)18-16-25)29(35)21-34(39(4,37)38)27-14-10-9-11-22(27)2/h6-18,23,28H,5,19-21H2,1-4H3,(H,32,36)/t23-,28-/m0/s1. The molecule has 0 heterocycles. The highest BCUT2D eigenvalue weighted by Gasteiger charge is 2.33. The largest absolute Gasteiger partial charge is 0.352 e. The summed E-state index contributed by atoms with van der Waals surface area (Å²) in [6.07, 6.45) is 2.07. The first-order chi connectivity index (χ1) is 18.5. The van der Waals surface area contributed by atoms with Gasteiger partial charge in [0.15, 0.2) is 0 Å². The second kappa shape index (κ2) is 13.6. The second-order valence-corrected chi connectivity index (χ2v) is 12.1. The quantitative estimate of drug-likeness (QED) is 0.334. The van der Waals surface area contributed by atoms with E-state index in [9.17, 15) is 18.0 Å². The maximum Gasteiger partial charge on any atom is 0.244 e. The number of para-hydroxylation sites is 1. The lowest BCUT2D eigenvalue weighted by Crippen LogP contribution is -2.54. The topological polar surface area (TPSA) is 86.8 Å². The van der Waals surface area contributed by atoms with Gasteiger partial charge < -0.3 is 10.2 Å². The van der Waals surface area contributed by atoms with Crippen LogP contribution in [0.2, 0.25) is 5.02 Å². The van der Waals surface area contributed by atoms with Gasteiger partial charge in [0.1, 0.15) is 12.6 Å². The van der Waals surface area contributed by atoms with Crippen LogP contribution in [-0.2, 0) is 32.6 Å². The molecule has 2 atom stereocenters. The third-order valence-electron chi connectivity index (χ3n) is 6.60. The molecule has 0 aliphatic rings. The number of sulfonamides is 1. The number of nitrogens with zero attached hydrogens (tertiary/aromatic N) is 2. The van der Waals surface area contributed by atoms with Crippen LogP contribution in [0.15, 0.2) is 78.9 Å². The molecule has 39 heavy (non-hydrogen) atoms. The number of hydrogen-bond donors (Lipinski definition) is 1. The summed E-state index contributed by atoms with van der Waals surface area (Å²) in [5, 5.41) is 3.57. The number of rotatable bonds is 12. The first-order valence-corrected chi connectivity index (χ1v) is 15.1. The van der Waals surface area contributed by atoms with E-state index in [1.807, 2.05) is 50.2 Å². The Bertz CT molecular complexity index is 1360. The zero-order chi connectivity index (χ0) is 28.6. The van der Waals surface area contributed by atoms with E-state index in [2.05, 4.69) is 5.32 Å². The third-order valence-corrected chi connectivity index (χ3v) is 7.98. The van der Waals surface area contributed by atoms with Gasteiger partial charge in [0.05, 0.1) is 11.9 Å². The lowest BCUT2D eigenvalue weighted by molar-refractivity contribution is -0.140. The van der Waals surface area contributed by atoms with Crippen LogP contribution in [0.4, 0.5) is 5.69 Å². The summed E-state index contributed by atoms with van der Waals surface area (Å²) < 4.78 is 26.9. The van der Waals surface area contributed by atoms with Crippen molar-refractivity contribution in [3.8, 4) is 0 Å². The summed E-state index contributed by atoms with van der Waals surface area (Å²) in [4.78, 5) is 29.2. The fourth-order valence-corrected chi connectivity index (χ4v) is 5.25.